The molecule has 5 fully saturated rings. The van der Waals surface area contributed by atoms with Gasteiger partial charge in [0.25, 0.3) is 0 Å². The van der Waals surface area contributed by atoms with Gasteiger partial charge in [0, 0.05) is 37.9 Å². The lowest BCUT2D eigenvalue weighted by molar-refractivity contribution is -0.137. The van der Waals surface area contributed by atoms with Crippen LogP contribution in [0.15, 0.2) is 18.3 Å². The number of piperazine rings is 1. The van der Waals surface area contributed by atoms with Crippen molar-refractivity contribution in [1.29, 1.82) is 0 Å². The minimum Gasteiger partial charge on any atom is -0.354 e. The van der Waals surface area contributed by atoms with Crippen molar-refractivity contribution in [3.63, 3.8) is 0 Å². The van der Waals surface area contributed by atoms with E-state index in [1.54, 1.807) is 0 Å². The largest absolute Gasteiger partial charge is 0.417 e. The van der Waals surface area contributed by atoms with Gasteiger partial charge in [-0.2, -0.15) is 13.2 Å². The topological polar surface area (TPSA) is 48.5 Å². The molecule has 4 aliphatic carbocycles. The van der Waals surface area contributed by atoms with Crippen molar-refractivity contribution in [1.82, 2.24) is 15.2 Å². The molecule has 0 radical (unpaired) electrons. The van der Waals surface area contributed by atoms with Crippen LogP contribution in [0.2, 0.25) is 0 Å². The number of hydrogen-bond donors (Lipinski definition) is 1. The maximum Gasteiger partial charge on any atom is 0.417 e. The number of alkyl halides is 3. The van der Waals surface area contributed by atoms with Gasteiger partial charge in [0.15, 0.2) is 0 Å². The Kier molecular flexibility index (Phi) is 4.95. The molecular weight excluding hydrogens is 393 g/mol. The van der Waals surface area contributed by atoms with Gasteiger partial charge in [-0.1, -0.05) is 0 Å². The van der Waals surface area contributed by atoms with Gasteiger partial charge in [-0.25, -0.2) is 4.98 Å². The van der Waals surface area contributed by atoms with Crippen LogP contribution >= 0.6 is 0 Å². The first-order valence-corrected chi connectivity index (χ1v) is 11.1. The molecule has 1 aromatic heterocycles. The minimum atomic E-state index is -4.37. The second kappa shape index (κ2) is 7.39. The van der Waals surface area contributed by atoms with Crippen LogP contribution in [0, 0.1) is 17.8 Å². The van der Waals surface area contributed by atoms with Crippen LogP contribution in [0.3, 0.4) is 0 Å². The summed E-state index contributed by atoms with van der Waals surface area (Å²) in [6.07, 6.45) is 4.04. The normalized spacial score (nSPS) is 33.7. The number of anilines is 1. The Morgan fingerprint density at radius 1 is 1.03 bits per heavy atom. The third kappa shape index (κ3) is 4.03. The van der Waals surface area contributed by atoms with Crippen molar-refractivity contribution < 1.29 is 18.0 Å². The first-order chi connectivity index (χ1) is 14.3. The Labute approximate surface area is 175 Å². The Balaban J connectivity index is 1.12. The Morgan fingerprint density at radius 3 is 2.13 bits per heavy atom. The zero-order chi connectivity index (χ0) is 20.9. The van der Waals surface area contributed by atoms with Gasteiger partial charge in [0.1, 0.15) is 5.82 Å². The molecule has 0 spiro atoms. The molecule has 6 rings (SSSR count). The number of aromatic nitrogens is 1. The Hall–Kier alpha value is -1.83. The van der Waals surface area contributed by atoms with E-state index in [-0.39, 0.29) is 11.4 Å². The van der Waals surface area contributed by atoms with Crippen LogP contribution in [0.4, 0.5) is 19.0 Å². The summed E-state index contributed by atoms with van der Waals surface area (Å²) >= 11 is 0. The van der Waals surface area contributed by atoms with Crippen LogP contribution in [-0.4, -0.2) is 54.1 Å². The number of carbonyl (C=O) groups is 1. The van der Waals surface area contributed by atoms with E-state index in [0.29, 0.717) is 38.5 Å². The average molecular weight is 422 g/mol. The van der Waals surface area contributed by atoms with Crippen LogP contribution in [0.25, 0.3) is 0 Å². The summed E-state index contributed by atoms with van der Waals surface area (Å²) in [7, 11) is 0. The van der Waals surface area contributed by atoms with Crippen LogP contribution in [0.5, 0.6) is 0 Å². The first-order valence-electron chi connectivity index (χ1n) is 11.1. The number of carbonyl (C=O) groups excluding carboxylic acids is 1. The number of pyridine rings is 1. The third-order valence-corrected chi connectivity index (χ3v) is 7.58. The van der Waals surface area contributed by atoms with E-state index in [1.807, 2.05) is 4.90 Å². The van der Waals surface area contributed by atoms with E-state index < -0.39 is 11.7 Å². The van der Waals surface area contributed by atoms with Gasteiger partial charge >= 0.3 is 6.18 Å². The molecule has 1 aromatic rings. The highest BCUT2D eigenvalue weighted by Crippen LogP contribution is 2.55. The minimum absolute atomic E-state index is 0.0395. The predicted octanol–water partition coefficient (Wildman–Crippen LogP) is 3.31. The number of nitrogens with zero attached hydrogens (tertiary/aromatic N) is 3. The van der Waals surface area contributed by atoms with Gasteiger partial charge in [0.05, 0.1) is 12.1 Å². The predicted molar refractivity (Wildman–Crippen MR) is 107 cm³/mol. The molecule has 0 aromatic carbocycles. The summed E-state index contributed by atoms with van der Waals surface area (Å²) in [5, 5.41) is 3.42. The maximum atomic E-state index is 12.8. The van der Waals surface area contributed by atoms with E-state index in [1.165, 1.54) is 25.3 Å². The van der Waals surface area contributed by atoms with E-state index in [9.17, 15) is 18.0 Å². The van der Waals surface area contributed by atoms with Crippen LogP contribution in [0.1, 0.15) is 44.1 Å². The van der Waals surface area contributed by atoms with Crippen LogP contribution < -0.4 is 10.2 Å². The number of hydrogen-bond acceptors (Lipinski definition) is 4. The smallest absolute Gasteiger partial charge is 0.354 e. The summed E-state index contributed by atoms with van der Waals surface area (Å²) in [6.45, 7) is 3.12. The lowest BCUT2D eigenvalue weighted by Crippen LogP contribution is -2.61. The molecule has 1 aliphatic heterocycles. The van der Waals surface area contributed by atoms with Gasteiger partial charge in [0.2, 0.25) is 5.91 Å². The summed E-state index contributed by atoms with van der Waals surface area (Å²) in [6, 6.07) is 2.51. The molecule has 8 heteroatoms. The Morgan fingerprint density at radius 2 is 1.63 bits per heavy atom. The molecule has 0 atom stereocenters. The average Bonchev–Trinajstić information content (AvgIpc) is 2.66. The number of halogens is 3. The van der Waals surface area contributed by atoms with Gasteiger partial charge in [-0.15, -0.1) is 0 Å². The molecule has 0 unspecified atom stereocenters. The van der Waals surface area contributed by atoms with E-state index in [0.717, 1.165) is 49.3 Å². The first kappa shape index (κ1) is 20.1. The van der Waals surface area contributed by atoms with Gasteiger partial charge < -0.3 is 10.2 Å². The van der Waals surface area contributed by atoms with E-state index in [2.05, 4.69) is 15.2 Å². The molecule has 4 bridgehead atoms. The Bertz CT molecular complexity index is 751. The monoisotopic (exact) mass is 422 g/mol. The summed E-state index contributed by atoms with van der Waals surface area (Å²) < 4.78 is 38.1. The molecule has 30 heavy (non-hydrogen) atoms. The highest BCUT2D eigenvalue weighted by molar-refractivity contribution is 5.79. The second-order valence-electron chi connectivity index (χ2n) is 9.91. The lowest BCUT2D eigenvalue weighted by atomic mass is 9.53. The second-order valence-corrected chi connectivity index (χ2v) is 9.91. The van der Waals surface area contributed by atoms with Crippen molar-refractivity contribution in [3.8, 4) is 0 Å². The zero-order valence-electron chi connectivity index (χ0n) is 17.1. The fourth-order valence-corrected chi connectivity index (χ4v) is 6.68. The lowest BCUT2D eigenvalue weighted by Gasteiger charge is -2.57. The molecule has 5 aliphatic rings. The third-order valence-electron chi connectivity index (χ3n) is 7.58. The molecule has 164 valence electrons. The van der Waals surface area contributed by atoms with Gasteiger partial charge in [-0.05, 0) is 68.4 Å². The summed E-state index contributed by atoms with van der Waals surface area (Å²) in [4.78, 5) is 20.9. The summed E-state index contributed by atoms with van der Waals surface area (Å²) in [5.74, 6) is 3.09. The van der Waals surface area contributed by atoms with Crippen molar-refractivity contribution in [3.05, 3.63) is 23.9 Å². The molecule has 5 nitrogen and oxygen atoms in total. The van der Waals surface area contributed by atoms with E-state index >= 15 is 0 Å². The number of nitrogens with one attached hydrogen (secondary N) is 1. The fourth-order valence-electron chi connectivity index (χ4n) is 6.68. The summed E-state index contributed by atoms with van der Waals surface area (Å²) in [5.41, 5.74) is -0.691. The van der Waals surface area contributed by atoms with Crippen molar-refractivity contribution in [2.45, 2.75) is 50.2 Å². The SMILES string of the molecule is O=C(CN1CCN(c2ccc(C(F)(F)F)cn2)CC1)NC12CC3CC(CC(C3)C1)C2. The maximum absolute atomic E-state index is 12.8. The molecule has 2 heterocycles. The molecule has 1 N–H and O–H groups in total. The molecule has 4 saturated carbocycles. The quantitative estimate of drug-likeness (QED) is 0.809. The van der Waals surface area contributed by atoms with Crippen LogP contribution in [-0.2, 0) is 11.0 Å². The standard InChI is InChI=1S/C22H29F3N4O/c23-22(24,25)18-1-2-19(26-13-18)29-5-3-28(4-6-29)14-20(30)27-21-10-15-7-16(11-21)9-17(8-15)12-21/h1-2,13,15-17H,3-12,14H2,(H,27,30). The number of rotatable bonds is 4. The molecule has 1 saturated heterocycles. The van der Waals surface area contributed by atoms with Gasteiger partial charge in [-0.3, -0.25) is 9.69 Å². The fraction of sp³-hybridized carbons (Fsp3) is 0.727. The molecular formula is C22H29F3N4O. The highest BCUT2D eigenvalue weighted by Gasteiger charge is 2.51. The zero-order valence-corrected chi connectivity index (χ0v) is 17.1. The van der Waals surface area contributed by atoms with Crippen molar-refractivity contribution in [2.75, 3.05) is 37.6 Å². The van der Waals surface area contributed by atoms with E-state index in [4.69, 9.17) is 0 Å². The van der Waals surface area contributed by atoms with Crippen molar-refractivity contribution in [2.24, 2.45) is 17.8 Å². The number of amides is 1. The highest BCUT2D eigenvalue weighted by atomic mass is 19.4. The molecule has 1 amide bonds. The van der Waals surface area contributed by atoms with Crippen molar-refractivity contribution >= 4 is 11.7 Å².